The third kappa shape index (κ3) is 5.08. The second kappa shape index (κ2) is 9.33. The van der Waals surface area contributed by atoms with E-state index in [4.69, 9.17) is 4.74 Å². The lowest BCUT2D eigenvalue weighted by atomic mass is 9.74. The Labute approximate surface area is 164 Å². The number of guanidine groups is 1. The molecular formula is C21H28FN3OS. The second-order valence-electron chi connectivity index (χ2n) is 7.13. The Morgan fingerprint density at radius 1 is 1.26 bits per heavy atom. The van der Waals surface area contributed by atoms with Gasteiger partial charge in [0.05, 0.1) is 0 Å². The molecule has 1 atom stereocenters. The lowest BCUT2D eigenvalue weighted by Gasteiger charge is -2.38. The van der Waals surface area contributed by atoms with Crippen LogP contribution in [0.25, 0.3) is 0 Å². The predicted octanol–water partition coefficient (Wildman–Crippen LogP) is 3.90. The number of nitrogens with zero attached hydrogens (tertiary/aromatic N) is 1. The van der Waals surface area contributed by atoms with Crippen molar-refractivity contribution in [3.05, 3.63) is 58.0 Å². The Morgan fingerprint density at radius 2 is 2.07 bits per heavy atom. The van der Waals surface area contributed by atoms with Gasteiger partial charge in [0, 0.05) is 49.6 Å². The maximum atomic E-state index is 13.8. The van der Waals surface area contributed by atoms with Crippen molar-refractivity contribution >= 4 is 17.3 Å². The Bertz CT molecular complexity index is 742. The van der Waals surface area contributed by atoms with Crippen molar-refractivity contribution in [1.82, 2.24) is 10.6 Å². The minimum absolute atomic E-state index is 0.142. The minimum atomic E-state index is -0.189. The van der Waals surface area contributed by atoms with Gasteiger partial charge in [-0.05, 0) is 42.0 Å². The summed E-state index contributed by atoms with van der Waals surface area (Å²) in [6.45, 7) is 5.11. The molecule has 4 nitrogen and oxygen atoms in total. The van der Waals surface area contributed by atoms with E-state index in [1.165, 1.54) is 10.9 Å². The SMILES string of the molecule is CN=C(NCC(C)c1cccs1)NCC1(c2cccc(F)c2)CCOCC1. The van der Waals surface area contributed by atoms with Gasteiger partial charge in [-0.25, -0.2) is 4.39 Å². The van der Waals surface area contributed by atoms with E-state index in [0.717, 1.165) is 30.9 Å². The third-order valence-electron chi connectivity index (χ3n) is 5.31. The van der Waals surface area contributed by atoms with Crippen LogP contribution in [0, 0.1) is 5.82 Å². The second-order valence-corrected chi connectivity index (χ2v) is 8.11. The van der Waals surface area contributed by atoms with Crippen molar-refractivity contribution in [2.24, 2.45) is 4.99 Å². The van der Waals surface area contributed by atoms with Crippen molar-refractivity contribution in [1.29, 1.82) is 0 Å². The van der Waals surface area contributed by atoms with Crippen molar-refractivity contribution in [2.45, 2.75) is 31.1 Å². The number of ether oxygens (including phenoxy) is 1. The van der Waals surface area contributed by atoms with Gasteiger partial charge in [-0.1, -0.05) is 25.1 Å². The molecule has 1 aliphatic rings. The summed E-state index contributed by atoms with van der Waals surface area (Å²) in [7, 11) is 1.78. The first-order chi connectivity index (χ1) is 13.1. The molecule has 6 heteroatoms. The van der Waals surface area contributed by atoms with Crippen LogP contribution in [0.3, 0.4) is 0 Å². The average Bonchev–Trinajstić information content (AvgIpc) is 3.23. The number of hydrogen-bond donors (Lipinski definition) is 2. The molecule has 1 aliphatic heterocycles. The molecule has 2 heterocycles. The zero-order valence-electron chi connectivity index (χ0n) is 16.0. The number of aliphatic imine (C=N–C) groups is 1. The van der Waals surface area contributed by atoms with Crippen LogP contribution in [0.5, 0.6) is 0 Å². The first kappa shape index (κ1) is 19.8. The highest BCUT2D eigenvalue weighted by molar-refractivity contribution is 7.10. The van der Waals surface area contributed by atoms with E-state index < -0.39 is 0 Å². The maximum absolute atomic E-state index is 13.8. The van der Waals surface area contributed by atoms with Crippen molar-refractivity contribution in [3.8, 4) is 0 Å². The van der Waals surface area contributed by atoms with Gasteiger partial charge < -0.3 is 15.4 Å². The number of benzene rings is 1. The van der Waals surface area contributed by atoms with Crippen LogP contribution in [0.4, 0.5) is 4.39 Å². The van der Waals surface area contributed by atoms with Gasteiger partial charge in [0.15, 0.2) is 5.96 Å². The third-order valence-corrected chi connectivity index (χ3v) is 6.41. The fourth-order valence-corrected chi connectivity index (χ4v) is 4.33. The van der Waals surface area contributed by atoms with Gasteiger partial charge in [-0.15, -0.1) is 11.3 Å². The summed E-state index contributed by atoms with van der Waals surface area (Å²) < 4.78 is 19.4. The molecule has 0 amide bonds. The predicted molar refractivity (Wildman–Crippen MR) is 110 cm³/mol. The summed E-state index contributed by atoms with van der Waals surface area (Å²) in [4.78, 5) is 5.72. The largest absolute Gasteiger partial charge is 0.381 e. The molecule has 1 fully saturated rings. The van der Waals surface area contributed by atoms with Crippen LogP contribution in [0.2, 0.25) is 0 Å². The van der Waals surface area contributed by atoms with Crippen LogP contribution in [0.1, 0.15) is 36.1 Å². The molecule has 27 heavy (non-hydrogen) atoms. The Hall–Kier alpha value is -1.92. The molecule has 2 N–H and O–H groups in total. The Kier molecular flexibility index (Phi) is 6.85. The Morgan fingerprint density at radius 3 is 2.74 bits per heavy atom. The highest BCUT2D eigenvalue weighted by Gasteiger charge is 2.35. The number of halogens is 1. The molecule has 0 spiro atoms. The molecule has 146 valence electrons. The zero-order chi connectivity index (χ0) is 19.1. The van der Waals surface area contributed by atoms with Crippen LogP contribution in [0.15, 0.2) is 46.8 Å². The molecule has 0 bridgehead atoms. The van der Waals surface area contributed by atoms with E-state index in [9.17, 15) is 4.39 Å². The minimum Gasteiger partial charge on any atom is -0.381 e. The monoisotopic (exact) mass is 389 g/mol. The van der Waals surface area contributed by atoms with Crippen LogP contribution >= 0.6 is 11.3 Å². The fraction of sp³-hybridized carbons (Fsp3) is 0.476. The number of nitrogens with one attached hydrogen (secondary N) is 2. The normalized spacial score (nSPS) is 18.1. The summed E-state index contributed by atoms with van der Waals surface area (Å²) in [6.07, 6.45) is 1.73. The highest BCUT2D eigenvalue weighted by Crippen LogP contribution is 2.34. The number of rotatable bonds is 6. The maximum Gasteiger partial charge on any atom is 0.191 e. The molecule has 0 radical (unpaired) electrons. The molecule has 1 aromatic carbocycles. The first-order valence-electron chi connectivity index (χ1n) is 9.45. The first-order valence-corrected chi connectivity index (χ1v) is 10.3. The van der Waals surface area contributed by atoms with Crippen molar-refractivity contribution < 1.29 is 9.13 Å². The topological polar surface area (TPSA) is 45.7 Å². The van der Waals surface area contributed by atoms with E-state index >= 15 is 0 Å². The van der Waals surface area contributed by atoms with Gasteiger partial charge in [0.25, 0.3) is 0 Å². The summed E-state index contributed by atoms with van der Waals surface area (Å²) in [5.74, 6) is 1.01. The molecular weight excluding hydrogens is 361 g/mol. The Balaban J connectivity index is 1.63. The molecule has 3 rings (SSSR count). The fourth-order valence-electron chi connectivity index (χ4n) is 3.54. The van der Waals surface area contributed by atoms with E-state index in [-0.39, 0.29) is 11.2 Å². The van der Waals surface area contributed by atoms with Crippen LogP contribution in [-0.4, -0.2) is 39.3 Å². The summed E-state index contributed by atoms with van der Waals surface area (Å²) in [6, 6.07) is 11.2. The van der Waals surface area contributed by atoms with Crippen LogP contribution in [-0.2, 0) is 10.2 Å². The summed E-state index contributed by atoms with van der Waals surface area (Å²) >= 11 is 1.77. The van der Waals surface area contributed by atoms with E-state index in [1.807, 2.05) is 6.07 Å². The van der Waals surface area contributed by atoms with Crippen molar-refractivity contribution in [3.63, 3.8) is 0 Å². The molecule has 1 aromatic heterocycles. The van der Waals surface area contributed by atoms with Gasteiger partial charge in [0.2, 0.25) is 0 Å². The van der Waals surface area contributed by atoms with Gasteiger partial charge in [-0.3, -0.25) is 4.99 Å². The van der Waals surface area contributed by atoms with Crippen LogP contribution < -0.4 is 10.6 Å². The quantitative estimate of drug-likeness (QED) is 0.582. The van der Waals surface area contributed by atoms with E-state index in [1.54, 1.807) is 30.5 Å². The molecule has 0 aliphatic carbocycles. The lowest BCUT2D eigenvalue weighted by Crippen LogP contribution is -2.48. The van der Waals surface area contributed by atoms with E-state index in [2.05, 4.69) is 40.1 Å². The smallest absolute Gasteiger partial charge is 0.191 e. The number of hydrogen-bond acceptors (Lipinski definition) is 3. The lowest BCUT2D eigenvalue weighted by molar-refractivity contribution is 0.0513. The summed E-state index contributed by atoms with van der Waals surface area (Å²) in [5, 5.41) is 8.98. The van der Waals surface area contributed by atoms with E-state index in [0.29, 0.717) is 25.7 Å². The number of thiophene rings is 1. The zero-order valence-corrected chi connectivity index (χ0v) is 16.8. The summed E-state index contributed by atoms with van der Waals surface area (Å²) in [5.41, 5.74) is 0.887. The standard InChI is InChI=1S/C21H28FN3OS/c1-16(19-7-4-12-27-19)14-24-20(23-2)25-15-21(8-10-26-11-9-21)17-5-3-6-18(22)13-17/h3-7,12-13,16H,8-11,14-15H2,1-2H3,(H2,23,24,25). The van der Waals surface area contributed by atoms with Gasteiger partial charge in [0.1, 0.15) is 5.82 Å². The molecule has 1 saturated heterocycles. The molecule has 1 unspecified atom stereocenters. The molecule has 2 aromatic rings. The van der Waals surface area contributed by atoms with Gasteiger partial charge in [-0.2, -0.15) is 0 Å². The highest BCUT2D eigenvalue weighted by atomic mass is 32.1. The van der Waals surface area contributed by atoms with Gasteiger partial charge >= 0.3 is 0 Å². The molecule has 0 saturated carbocycles. The van der Waals surface area contributed by atoms with Crippen molar-refractivity contribution in [2.75, 3.05) is 33.4 Å². The average molecular weight is 390 g/mol.